The summed E-state index contributed by atoms with van der Waals surface area (Å²) < 4.78 is 0. The molecule has 3 rings (SSSR count). The SMILES string of the molecule is CCC1CCC(N)C(c2cnc3ccccc3c2)C1. The maximum atomic E-state index is 6.34. The van der Waals surface area contributed by atoms with Gasteiger partial charge in [0.1, 0.15) is 0 Å². The molecule has 1 aromatic heterocycles. The molecule has 1 heterocycles. The molecule has 100 valence electrons. The van der Waals surface area contributed by atoms with Gasteiger partial charge in [-0.3, -0.25) is 4.98 Å². The van der Waals surface area contributed by atoms with E-state index >= 15 is 0 Å². The Bertz CT molecular complexity index is 564. The van der Waals surface area contributed by atoms with E-state index in [4.69, 9.17) is 5.73 Å². The Balaban J connectivity index is 1.93. The lowest BCUT2D eigenvalue weighted by atomic mass is 9.74. The first-order valence-corrected chi connectivity index (χ1v) is 7.38. The predicted octanol–water partition coefficient (Wildman–Crippen LogP) is 3.86. The number of benzene rings is 1. The van der Waals surface area contributed by atoms with E-state index in [1.165, 1.54) is 30.2 Å². The van der Waals surface area contributed by atoms with Gasteiger partial charge in [-0.1, -0.05) is 31.5 Å². The van der Waals surface area contributed by atoms with Crippen LogP contribution in [0.1, 0.15) is 44.1 Å². The highest BCUT2D eigenvalue weighted by molar-refractivity contribution is 5.78. The minimum Gasteiger partial charge on any atom is -0.327 e. The van der Waals surface area contributed by atoms with Crippen LogP contribution in [0.2, 0.25) is 0 Å². The van der Waals surface area contributed by atoms with E-state index < -0.39 is 0 Å². The second kappa shape index (κ2) is 5.30. The predicted molar refractivity (Wildman–Crippen MR) is 80.1 cm³/mol. The average molecular weight is 254 g/mol. The Hall–Kier alpha value is -1.41. The van der Waals surface area contributed by atoms with Gasteiger partial charge in [0.15, 0.2) is 0 Å². The van der Waals surface area contributed by atoms with E-state index in [0.29, 0.717) is 12.0 Å². The van der Waals surface area contributed by atoms with Gasteiger partial charge in [-0.2, -0.15) is 0 Å². The highest BCUT2D eigenvalue weighted by atomic mass is 14.7. The van der Waals surface area contributed by atoms with E-state index in [1.807, 2.05) is 12.3 Å². The van der Waals surface area contributed by atoms with Crippen molar-refractivity contribution in [3.63, 3.8) is 0 Å². The van der Waals surface area contributed by atoms with Crippen molar-refractivity contribution in [2.75, 3.05) is 0 Å². The monoisotopic (exact) mass is 254 g/mol. The van der Waals surface area contributed by atoms with Gasteiger partial charge in [0.25, 0.3) is 0 Å². The zero-order valence-electron chi connectivity index (χ0n) is 11.5. The van der Waals surface area contributed by atoms with Gasteiger partial charge in [-0.15, -0.1) is 0 Å². The standard InChI is InChI=1S/C17H22N2/c1-2-12-7-8-16(18)15(9-12)14-10-13-5-3-4-6-17(13)19-11-14/h3-6,10-12,15-16H,2,7-9,18H2,1H3. The number of hydrogen-bond donors (Lipinski definition) is 1. The zero-order valence-corrected chi connectivity index (χ0v) is 11.5. The summed E-state index contributed by atoms with van der Waals surface area (Å²) in [5.41, 5.74) is 8.74. The molecule has 3 atom stereocenters. The lowest BCUT2D eigenvalue weighted by Gasteiger charge is -2.34. The van der Waals surface area contributed by atoms with Crippen LogP contribution in [-0.2, 0) is 0 Å². The zero-order chi connectivity index (χ0) is 13.2. The molecule has 2 aromatic rings. The smallest absolute Gasteiger partial charge is 0.0702 e. The molecule has 1 aliphatic carbocycles. The van der Waals surface area contributed by atoms with Crippen LogP contribution in [0, 0.1) is 5.92 Å². The normalized spacial score (nSPS) is 27.6. The lowest BCUT2D eigenvalue weighted by molar-refractivity contribution is 0.282. The highest BCUT2D eigenvalue weighted by Crippen LogP contribution is 2.37. The quantitative estimate of drug-likeness (QED) is 0.884. The first-order chi connectivity index (χ1) is 9.28. The second-order valence-corrected chi connectivity index (χ2v) is 5.82. The van der Waals surface area contributed by atoms with Crippen LogP contribution < -0.4 is 5.73 Å². The fourth-order valence-electron chi connectivity index (χ4n) is 3.33. The van der Waals surface area contributed by atoms with E-state index in [-0.39, 0.29) is 0 Å². The molecule has 3 unspecified atom stereocenters. The molecule has 2 nitrogen and oxygen atoms in total. The second-order valence-electron chi connectivity index (χ2n) is 5.82. The number of hydrogen-bond acceptors (Lipinski definition) is 2. The molecule has 2 N–H and O–H groups in total. The van der Waals surface area contributed by atoms with Gasteiger partial charge in [-0.25, -0.2) is 0 Å². The van der Waals surface area contributed by atoms with Crippen molar-refractivity contribution < 1.29 is 0 Å². The molecular weight excluding hydrogens is 232 g/mol. The number of pyridine rings is 1. The molecule has 0 amide bonds. The Morgan fingerprint density at radius 2 is 2.11 bits per heavy atom. The third-order valence-electron chi connectivity index (χ3n) is 4.63. The number of rotatable bonds is 2. The van der Waals surface area contributed by atoms with Crippen LogP contribution in [0.15, 0.2) is 36.5 Å². The van der Waals surface area contributed by atoms with Gasteiger partial charge in [0.2, 0.25) is 0 Å². The van der Waals surface area contributed by atoms with Gasteiger partial charge in [-0.05, 0) is 42.9 Å². The Morgan fingerprint density at radius 3 is 2.95 bits per heavy atom. The van der Waals surface area contributed by atoms with Crippen LogP contribution in [0.4, 0.5) is 0 Å². The molecule has 2 heteroatoms. The Kier molecular flexibility index (Phi) is 3.52. The van der Waals surface area contributed by atoms with Crippen molar-refractivity contribution in [2.45, 2.75) is 44.6 Å². The summed E-state index contributed by atoms with van der Waals surface area (Å²) in [6.07, 6.45) is 6.96. The maximum Gasteiger partial charge on any atom is 0.0702 e. The van der Waals surface area contributed by atoms with Crippen molar-refractivity contribution in [3.05, 3.63) is 42.1 Å². The molecule has 0 bridgehead atoms. The summed E-state index contributed by atoms with van der Waals surface area (Å²) >= 11 is 0. The summed E-state index contributed by atoms with van der Waals surface area (Å²) in [5, 5.41) is 1.23. The summed E-state index contributed by atoms with van der Waals surface area (Å²) in [4.78, 5) is 4.59. The van der Waals surface area contributed by atoms with Crippen LogP contribution >= 0.6 is 0 Å². The van der Waals surface area contributed by atoms with Crippen LogP contribution in [0.3, 0.4) is 0 Å². The molecule has 1 fully saturated rings. The molecule has 0 radical (unpaired) electrons. The number of nitrogens with zero attached hydrogens (tertiary/aromatic N) is 1. The minimum atomic E-state index is 0.297. The summed E-state index contributed by atoms with van der Waals surface area (Å²) in [5.74, 6) is 1.31. The Labute approximate surface area is 115 Å². The van der Waals surface area contributed by atoms with E-state index in [2.05, 4.69) is 36.2 Å². The molecule has 1 aromatic carbocycles. The summed E-state index contributed by atoms with van der Waals surface area (Å²) in [6, 6.07) is 10.9. The number of para-hydroxylation sites is 1. The highest BCUT2D eigenvalue weighted by Gasteiger charge is 2.28. The van der Waals surface area contributed by atoms with E-state index in [0.717, 1.165) is 17.9 Å². The van der Waals surface area contributed by atoms with Crippen LogP contribution in [0.5, 0.6) is 0 Å². The third kappa shape index (κ3) is 2.50. The van der Waals surface area contributed by atoms with Gasteiger partial charge < -0.3 is 5.73 Å². The summed E-state index contributed by atoms with van der Waals surface area (Å²) in [7, 11) is 0. The van der Waals surface area contributed by atoms with E-state index in [1.54, 1.807) is 0 Å². The molecule has 0 saturated heterocycles. The fourth-order valence-corrected chi connectivity index (χ4v) is 3.33. The number of aromatic nitrogens is 1. The van der Waals surface area contributed by atoms with Crippen LogP contribution in [-0.4, -0.2) is 11.0 Å². The Morgan fingerprint density at radius 1 is 1.26 bits per heavy atom. The van der Waals surface area contributed by atoms with E-state index in [9.17, 15) is 0 Å². The van der Waals surface area contributed by atoms with Gasteiger partial charge in [0.05, 0.1) is 5.52 Å². The van der Waals surface area contributed by atoms with Crippen molar-refractivity contribution in [2.24, 2.45) is 11.7 Å². The summed E-state index contributed by atoms with van der Waals surface area (Å²) in [6.45, 7) is 2.29. The first kappa shape index (κ1) is 12.6. The molecule has 0 spiro atoms. The van der Waals surface area contributed by atoms with Gasteiger partial charge in [0, 0.05) is 23.5 Å². The van der Waals surface area contributed by atoms with Crippen molar-refractivity contribution >= 4 is 10.9 Å². The van der Waals surface area contributed by atoms with Crippen molar-refractivity contribution in [3.8, 4) is 0 Å². The van der Waals surface area contributed by atoms with Crippen molar-refractivity contribution in [1.82, 2.24) is 4.98 Å². The van der Waals surface area contributed by atoms with Crippen LogP contribution in [0.25, 0.3) is 10.9 Å². The number of fused-ring (bicyclic) bond motifs is 1. The fraction of sp³-hybridized carbons (Fsp3) is 0.471. The lowest BCUT2D eigenvalue weighted by Crippen LogP contribution is -2.34. The van der Waals surface area contributed by atoms with Gasteiger partial charge >= 0.3 is 0 Å². The largest absolute Gasteiger partial charge is 0.327 e. The molecule has 0 aliphatic heterocycles. The third-order valence-corrected chi connectivity index (χ3v) is 4.63. The molecular formula is C17H22N2. The number of nitrogens with two attached hydrogens (primary N) is 1. The topological polar surface area (TPSA) is 38.9 Å². The molecule has 19 heavy (non-hydrogen) atoms. The van der Waals surface area contributed by atoms with Crippen molar-refractivity contribution in [1.29, 1.82) is 0 Å². The first-order valence-electron chi connectivity index (χ1n) is 7.38. The average Bonchev–Trinajstić information content (AvgIpc) is 2.47. The minimum absolute atomic E-state index is 0.297. The molecule has 1 aliphatic rings. The molecule has 1 saturated carbocycles. The maximum absolute atomic E-state index is 6.34.